The van der Waals surface area contributed by atoms with Gasteiger partial charge in [0, 0.05) is 5.02 Å². The third-order valence-electron chi connectivity index (χ3n) is 3.14. The fourth-order valence-electron chi connectivity index (χ4n) is 2.08. The summed E-state index contributed by atoms with van der Waals surface area (Å²) in [4.78, 5) is -0.0215. The van der Waals surface area contributed by atoms with Crippen LogP contribution in [0.2, 0.25) is 10.0 Å². The first-order chi connectivity index (χ1) is 10.4. The standard InChI is InChI=1S/C16H15Cl2NO2S/c1-3-10-19(15-7-5-4-6-12(15)2)22(20,21)16-11-13(17)8-9-14(16)18/h3-9,11H,1,10H2,2H3. The van der Waals surface area contributed by atoms with Crippen molar-refractivity contribution >= 4 is 38.9 Å². The van der Waals surface area contributed by atoms with Crippen molar-refractivity contribution < 1.29 is 8.42 Å². The van der Waals surface area contributed by atoms with E-state index in [1.807, 2.05) is 19.1 Å². The van der Waals surface area contributed by atoms with Crippen molar-refractivity contribution in [1.29, 1.82) is 0 Å². The predicted octanol–water partition coefficient (Wildman–Crippen LogP) is 4.68. The normalized spacial score (nSPS) is 11.2. The molecule has 0 spiro atoms. The third-order valence-corrected chi connectivity index (χ3v) is 5.64. The topological polar surface area (TPSA) is 37.4 Å². The lowest BCUT2D eigenvalue weighted by Gasteiger charge is -2.25. The van der Waals surface area contributed by atoms with Crippen LogP contribution in [0, 0.1) is 6.92 Å². The molecule has 3 nitrogen and oxygen atoms in total. The van der Waals surface area contributed by atoms with E-state index in [4.69, 9.17) is 23.2 Å². The van der Waals surface area contributed by atoms with Crippen LogP contribution in [0.25, 0.3) is 0 Å². The van der Waals surface area contributed by atoms with E-state index >= 15 is 0 Å². The molecule has 0 atom stereocenters. The highest BCUT2D eigenvalue weighted by Crippen LogP contribution is 2.31. The van der Waals surface area contributed by atoms with Crippen molar-refractivity contribution in [2.45, 2.75) is 11.8 Å². The van der Waals surface area contributed by atoms with Crippen molar-refractivity contribution in [3.63, 3.8) is 0 Å². The number of sulfonamides is 1. The smallest absolute Gasteiger partial charge is 0.262 e. The van der Waals surface area contributed by atoms with Crippen LogP contribution in [-0.4, -0.2) is 15.0 Å². The summed E-state index contributed by atoms with van der Waals surface area (Å²) in [5, 5.41) is 0.443. The Balaban J connectivity index is 2.63. The van der Waals surface area contributed by atoms with Crippen LogP contribution in [0.3, 0.4) is 0 Å². The molecule has 0 fully saturated rings. The molecule has 0 aliphatic rings. The minimum Gasteiger partial charge on any atom is -0.262 e. The third kappa shape index (κ3) is 3.29. The lowest BCUT2D eigenvalue weighted by atomic mass is 10.2. The van der Waals surface area contributed by atoms with Gasteiger partial charge in [-0.1, -0.05) is 47.5 Å². The zero-order valence-electron chi connectivity index (χ0n) is 12.0. The first kappa shape index (κ1) is 16.9. The maximum Gasteiger partial charge on any atom is 0.266 e. The SMILES string of the molecule is C=CCN(c1ccccc1C)S(=O)(=O)c1cc(Cl)ccc1Cl. The Morgan fingerprint density at radius 2 is 1.86 bits per heavy atom. The monoisotopic (exact) mass is 355 g/mol. The van der Waals surface area contributed by atoms with E-state index in [9.17, 15) is 8.42 Å². The summed E-state index contributed by atoms with van der Waals surface area (Å²) in [5.41, 5.74) is 1.42. The van der Waals surface area contributed by atoms with Gasteiger partial charge in [-0.15, -0.1) is 6.58 Å². The fourth-order valence-corrected chi connectivity index (χ4v) is 4.32. The van der Waals surface area contributed by atoms with Gasteiger partial charge in [0.1, 0.15) is 4.90 Å². The number of halogens is 2. The van der Waals surface area contributed by atoms with Gasteiger partial charge in [0.2, 0.25) is 0 Å². The minimum atomic E-state index is -3.85. The van der Waals surface area contributed by atoms with Gasteiger partial charge in [0.15, 0.2) is 0 Å². The second-order valence-corrected chi connectivity index (χ2v) is 7.36. The molecule has 0 aliphatic heterocycles. The van der Waals surface area contributed by atoms with Crippen molar-refractivity contribution in [2.24, 2.45) is 0 Å². The molecule has 0 heterocycles. The minimum absolute atomic E-state index is 0.0215. The second-order valence-electron chi connectivity index (χ2n) is 4.69. The van der Waals surface area contributed by atoms with Gasteiger partial charge in [0.05, 0.1) is 17.3 Å². The van der Waals surface area contributed by atoms with E-state index < -0.39 is 10.0 Å². The number of para-hydroxylation sites is 1. The summed E-state index contributed by atoms with van der Waals surface area (Å²) in [6.07, 6.45) is 1.53. The molecule has 0 aliphatic carbocycles. The molecule has 0 saturated carbocycles. The van der Waals surface area contributed by atoms with Crippen LogP contribution >= 0.6 is 23.2 Å². The molecular weight excluding hydrogens is 341 g/mol. The summed E-state index contributed by atoms with van der Waals surface area (Å²) in [7, 11) is -3.85. The Morgan fingerprint density at radius 3 is 2.50 bits per heavy atom. The molecule has 0 N–H and O–H groups in total. The average molecular weight is 356 g/mol. The van der Waals surface area contributed by atoms with Crippen molar-refractivity contribution in [2.75, 3.05) is 10.8 Å². The summed E-state index contributed by atoms with van der Waals surface area (Å²) >= 11 is 12.0. The molecule has 22 heavy (non-hydrogen) atoms. The number of hydrogen-bond donors (Lipinski definition) is 0. The molecule has 0 saturated heterocycles. The van der Waals surface area contributed by atoms with E-state index in [1.165, 1.54) is 22.5 Å². The molecule has 2 aromatic carbocycles. The molecule has 0 amide bonds. The summed E-state index contributed by atoms with van der Waals surface area (Å²) in [6.45, 7) is 5.62. The average Bonchev–Trinajstić information content (AvgIpc) is 2.48. The lowest BCUT2D eigenvalue weighted by molar-refractivity contribution is 0.593. The maximum absolute atomic E-state index is 13.0. The Hall–Kier alpha value is -1.49. The Morgan fingerprint density at radius 1 is 1.18 bits per heavy atom. The lowest BCUT2D eigenvalue weighted by Crippen LogP contribution is -2.32. The molecule has 0 radical (unpaired) electrons. The van der Waals surface area contributed by atoms with Gasteiger partial charge < -0.3 is 0 Å². The van der Waals surface area contributed by atoms with E-state index in [0.29, 0.717) is 10.7 Å². The maximum atomic E-state index is 13.0. The Bertz CT molecular complexity index is 804. The Labute approximate surface area is 140 Å². The van der Waals surface area contributed by atoms with Gasteiger partial charge in [-0.3, -0.25) is 4.31 Å². The number of hydrogen-bond acceptors (Lipinski definition) is 2. The molecule has 0 bridgehead atoms. The number of aryl methyl sites for hydroxylation is 1. The highest BCUT2D eigenvalue weighted by molar-refractivity contribution is 7.93. The molecule has 0 unspecified atom stereocenters. The van der Waals surface area contributed by atoms with E-state index in [2.05, 4.69) is 6.58 Å². The van der Waals surface area contributed by atoms with Crippen LogP contribution in [0.15, 0.2) is 60.0 Å². The molecule has 0 aromatic heterocycles. The van der Waals surface area contributed by atoms with Gasteiger partial charge in [-0.05, 0) is 36.8 Å². The molecule has 6 heteroatoms. The molecule has 116 valence electrons. The number of benzene rings is 2. The van der Waals surface area contributed by atoms with Gasteiger partial charge in [0.25, 0.3) is 10.0 Å². The molecular formula is C16H15Cl2NO2S. The van der Waals surface area contributed by atoms with Crippen LogP contribution in [0.5, 0.6) is 0 Å². The molecule has 2 aromatic rings. The van der Waals surface area contributed by atoms with Crippen LogP contribution < -0.4 is 4.31 Å². The van der Waals surface area contributed by atoms with Gasteiger partial charge >= 0.3 is 0 Å². The van der Waals surface area contributed by atoms with E-state index in [0.717, 1.165) is 5.56 Å². The second kappa shape index (κ2) is 6.73. The van der Waals surface area contributed by atoms with Gasteiger partial charge in [-0.25, -0.2) is 8.42 Å². The zero-order valence-corrected chi connectivity index (χ0v) is 14.3. The first-order valence-corrected chi connectivity index (χ1v) is 8.72. The zero-order chi connectivity index (χ0) is 16.3. The highest BCUT2D eigenvalue weighted by Gasteiger charge is 2.27. The number of anilines is 1. The van der Waals surface area contributed by atoms with Gasteiger partial charge in [-0.2, -0.15) is 0 Å². The summed E-state index contributed by atoms with van der Waals surface area (Å²) in [5.74, 6) is 0. The highest BCUT2D eigenvalue weighted by atomic mass is 35.5. The van der Waals surface area contributed by atoms with Crippen LogP contribution in [0.1, 0.15) is 5.56 Å². The number of nitrogens with zero attached hydrogens (tertiary/aromatic N) is 1. The van der Waals surface area contributed by atoms with Crippen molar-refractivity contribution in [3.8, 4) is 0 Å². The van der Waals surface area contributed by atoms with Crippen molar-refractivity contribution in [1.82, 2.24) is 0 Å². The van der Waals surface area contributed by atoms with Crippen LogP contribution in [-0.2, 0) is 10.0 Å². The first-order valence-electron chi connectivity index (χ1n) is 6.52. The largest absolute Gasteiger partial charge is 0.266 e. The Kier molecular flexibility index (Phi) is 5.16. The summed E-state index contributed by atoms with van der Waals surface area (Å²) in [6, 6.07) is 11.6. The quantitative estimate of drug-likeness (QED) is 0.730. The van der Waals surface area contributed by atoms with E-state index in [1.54, 1.807) is 18.2 Å². The van der Waals surface area contributed by atoms with Crippen molar-refractivity contribution in [3.05, 3.63) is 70.7 Å². The number of rotatable bonds is 5. The van der Waals surface area contributed by atoms with Crippen LogP contribution in [0.4, 0.5) is 5.69 Å². The molecule has 2 rings (SSSR count). The fraction of sp³-hybridized carbons (Fsp3) is 0.125. The summed E-state index contributed by atoms with van der Waals surface area (Å²) < 4.78 is 27.2. The predicted molar refractivity (Wildman–Crippen MR) is 92.4 cm³/mol. The van der Waals surface area contributed by atoms with E-state index in [-0.39, 0.29) is 16.5 Å².